The first-order valence-electron chi connectivity index (χ1n) is 11.7. The fraction of sp³-hybridized carbons (Fsp3) is 0.0714. The standard InChI is InChI=1S/C28H21FN6O2/c1-2-25(37)31-19-9-17(13-30-14-19)15-6-7-23-22(11-15)27(35-34-23)28-32-24-5-3-4-21(26(24)33-28)16-8-18(29)12-20(36)10-16/h3-14,36H,2H2,1H3,(H,31,37)(H,32,33)(H,34,35). The highest BCUT2D eigenvalue weighted by Gasteiger charge is 2.16. The van der Waals surface area contributed by atoms with Gasteiger partial charge < -0.3 is 15.4 Å². The molecule has 3 aromatic carbocycles. The van der Waals surface area contributed by atoms with Crippen LogP contribution in [-0.2, 0) is 4.79 Å². The molecule has 3 aromatic heterocycles. The van der Waals surface area contributed by atoms with Crippen molar-refractivity contribution < 1.29 is 14.3 Å². The van der Waals surface area contributed by atoms with Crippen molar-refractivity contribution in [2.75, 3.05) is 5.32 Å². The fourth-order valence-corrected chi connectivity index (χ4v) is 4.40. The van der Waals surface area contributed by atoms with Crippen molar-refractivity contribution in [1.29, 1.82) is 0 Å². The number of carbonyl (C=O) groups is 1. The molecule has 182 valence electrons. The molecule has 6 rings (SSSR count). The molecule has 1 amide bonds. The molecule has 0 radical (unpaired) electrons. The molecule has 0 aliphatic heterocycles. The predicted molar refractivity (Wildman–Crippen MR) is 140 cm³/mol. The first-order chi connectivity index (χ1) is 18.0. The van der Waals surface area contributed by atoms with Gasteiger partial charge in [0.2, 0.25) is 5.91 Å². The maximum Gasteiger partial charge on any atom is 0.224 e. The van der Waals surface area contributed by atoms with Crippen molar-refractivity contribution in [2.45, 2.75) is 13.3 Å². The van der Waals surface area contributed by atoms with Gasteiger partial charge in [-0.05, 0) is 47.5 Å². The number of nitrogens with one attached hydrogen (secondary N) is 3. The zero-order chi connectivity index (χ0) is 25.5. The molecule has 0 aliphatic carbocycles. The molecule has 4 N–H and O–H groups in total. The lowest BCUT2D eigenvalue weighted by atomic mass is 10.0. The first kappa shape index (κ1) is 22.4. The van der Waals surface area contributed by atoms with Crippen molar-refractivity contribution in [2.24, 2.45) is 0 Å². The van der Waals surface area contributed by atoms with Crippen LogP contribution >= 0.6 is 0 Å². The summed E-state index contributed by atoms with van der Waals surface area (Å²) in [6.45, 7) is 1.80. The Bertz CT molecular complexity index is 1790. The average Bonchev–Trinajstić information content (AvgIpc) is 3.51. The Morgan fingerprint density at radius 2 is 1.89 bits per heavy atom. The van der Waals surface area contributed by atoms with E-state index in [0.29, 0.717) is 40.3 Å². The molecule has 0 aliphatic rings. The summed E-state index contributed by atoms with van der Waals surface area (Å²) in [7, 11) is 0. The summed E-state index contributed by atoms with van der Waals surface area (Å²) in [5.74, 6) is -0.208. The summed E-state index contributed by atoms with van der Waals surface area (Å²) in [6, 6.07) is 17.3. The number of aromatic amines is 2. The summed E-state index contributed by atoms with van der Waals surface area (Å²) in [5, 5.41) is 21.1. The second kappa shape index (κ2) is 8.87. The largest absolute Gasteiger partial charge is 0.508 e. The van der Waals surface area contributed by atoms with Crippen LogP contribution in [0.3, 0.4) is 0 Å². The third kappa shape index (κ3) is 4.16. The van der Waals surface area contributed by atoms with E-state index < -0.39 is 5.82 Å². The van der Waals surface area contributed by atoms with Gasteiger partial charge in [0.05, 0.1) is 28.4 Å². The quantitative estimate of drug-likeness (QED) is 0.234. The second-order valence-electron chi connectivity index (χ2n) is 8.68. The minimum absolute atomic E-state index is 0.0794. The van der Waals surface area contributed by atoms with Crippen LogP contribution in [0.4, 0.5) is 10.1 Å². The highest BCUT2D eigenvalue weighted by Crippen LogP contribution is 2.34. The smallest absolute Gasteiger partial charge is 0.224 e. The molecule has 0 unspecified atom stereocenters. The van der Waals surface area contributed by atoms with E-state index in [1.807, 2.05) is 42.5 Å². The van der Waals surface area contributed by atoms with Crippen LogP contribution in [0.5, 0.6) is 5.75 Å². The normalized spacial score (nSPS) is 11.3. The van der Waals surface area contributed by atoms with Crippen LogP contribution in [0.1, 0.15) is 13.3 Å². The van der Waals surface area contributed by atoms with E-state index >= 15 is 0 Å². The number of H-pyrrole nitrogens is 2. The van der Waals surface area contributed by atoms with Crippen LogP contribution in [0.15, 0.2) is 73.1 Å². The number of hydrogen-bond acceptors (Lipinski definition) is 5. The van der Waals surface area contributed by atoms with E-state index in [-0.39, 0.29) is 11.7 Å². The molecule has 0 fully saturated rings. The van der Waals surface area contributed by atoms with Crippen molar-refractivity contribution in [3.63, 3.8) is 0 Å². The number of aromatic nitrogens is 5. The van der Waals surface area contributed by atoms with Crippen molar-refractivity contribution in [1.82, 2.24) is 25.1 Å². The topological polar surface area (TPSA) is 120 Å². The SMILES string of the molecule is CCC(=O)Nc1cncc(-c2ccc3[nH]nc(-c4nc5c(-c6cc(O)cc(F)c6)cccc5[nH]4)c3c2)c1. The van der Waals surface area contributed by atoms with Crippen molar-refractivity contribution >= 4 is 33.5 Å². The summed E-state index contributed by atoms with van der Waals surface area (Å²) in [4.78, 5) is 24.2. The molecule has 0 saturated heterocycles. The molecular weight excluding hydrogens is 471 g/mol. The van der Waals surface area contributed by atoms with Gasteiger partial charge in [-0.2, -0.15) is 5.10 Å². The first-order valence-corrected chi connectivity index (χ1v) is 11.7. The molecule has 0 spiro atoms. The van der Waals surface area contributed by atoms with E-state index in [4.69, 9.17) is 4.98 Å². The Morgan fingerprint density at radius 1 is 1.00 bits per heavy atom. The van der Waals surface area contributed by atoms with Gasteiger partial charge in [0, 0.05) is 35.2 Å². The van der Waals surface area contributed by atoms with E-state index in [9.17, 15) is 14.3 Å². The van der Waals surface area contributed by atoms with Gasteiger partial charge in [0.1, 0.15) is 17.3 Å². The summed E-state index contributed by atoms with van der Waals surface area (Å²) < 4.78 is 14.0. The van der Waals surface area contributed by atoms with E-state index in [2.05, 4.69) is 25.5 Å². The second-order valence-corrected chi connectivity index (χ2v) is 8.68. The van der Waals surface area contributed by atoms with E-state index in [1.54, 1.807) is 19.3 Å². The number of carbonyl (C=O) groups excluding carboxylic acids is 1. The highest BCUT2D eigenvalue weighted by atomic mass is 19.1. The minimum Gasteiger partial charge on any atom is -0.508 e. The molecule has 0 bridgehead atoms. The minimum atomic E-state index is -0.526. The van der Waals surface area contributed by atoms with Gasteiger partial charge >= 0.3 is 0 Å². The van der Waals surface area contributed by atoms with Crippen LogP contribution < -0.4 is 5.32 Å². The molecule has 37 heavy (non-hydrogen) atoms. The van der Waals surface area contributed by atoms with Crippen LogP contribution in [0, 0.1) is 5.82 Å². The Morgan fingerprint density at radius 3 is 2.73 bits per heavy atom. The molecule has 0 saturated carbocycles. The number of para-hydroxylation sites is 1. The zero-order valence-corrected chi connectivity index (χ0v) is 19.7. The van der Waals surface area contributed by atoms with Gasteiger partial charge in [-0.25, -0.2) is 9.37 Å². The highest BCUT2D eigenvalue weighted by molar-refractivity contribution is 5.98. The Hall–Kier alpha value is -5.05. The third-order valence-electron chi connectivity index (χ3n) is 6.17. The molecule has 3 heterocycles. The number of phenolic OH excluding ortho intramolecular Hbond substituents is 1. The van der Waals surface area contributed by atoms with Crippen molar-refractivity contribution in [3.8, 4) is 39.5 Å². The number of anilines is 1. The number of halogens is 1. The number of hydrogen-bond donors (Lipinski definition) is 4. The summed E-state index contributed by atoms with van der Waals surface area (Å²) in [5.41, 5.74) is 6.45. The molecule has 9 heteroatoms. The number of fused-ring (bicyclic) bond motifs is 2. The lowest BCUT2D eigenvalue weighted by Crippen LogP contribution is -2.09. The van der Waals surface area contributed by atoms with Gasteiger partial charge in [0.25, 0.3) is 0 Å². The number of imidazole rings is 1. The number of amides is 1. The lowest BCUT2D eigenvalue weighted by molar-refractivity contribution is -0.115. The summed E-state index contributed by atoms with van der Waals surface area (Å²) >= 11 is 0. The molecule has 6 aromatic rings. The van der Waals surface area contributed by atoms with Crippen LogP contribution in [0.25, 0.3) is 55.7 Å². The van der Waals surface area contributed by atoms with Crippen molar-refractivity contribution in [3.05, 3.63) is 78.9 Å². The maximum atomic E-state index is 14.0. The number of rotatable bonds is 5. The van der Waals surface area contributed by atoms with Crippen LogP contribution in [0.2, 0.25) is 0 Å². The predicted octanol–water partition coefficient (Wildman–Crippen LogP) is 6.03. The monoisotopic (exact) mass is 492 g/mol. The Kier molecular flexibility index (Phi) is 5.37. The number of pyridine rings is 1. The number of benzene rings is 3. The fourth-order valence-electron chi connectivity index (χ4n) is 4.40. The third-order valence-corrected chi connectivity index (χ3v) is 6.17. The molecule has 0 atom stereocenters. The number of aromatic hydroxyl groups is 1. The van der Waals surface area contributed by atoms with Gasteiger partial charge in [-0.15, -0.1) is 0 Å². The Balaban J connectivity index is 1.43. The van der Waals surface area contributed by atoms with E-state index in [0.717, 1.165) is 33.6 Å². The van der Waals surface area contributed by atoms with Crippen LogP contribution in [-0.4, -0.2) is 36.2 Å². The van der Waals surface area contributed by atoms with Gasteiger partial charge in [-0.3, -0.25) is 14.9 Å². The molecule has 8 nitrogen and oxygen atoms in total. The number of phenols is 1. The maximum absolute atomic E-state index is 14.0. The van der Waals surface area contributed by atoms with E-state index in [1.165, 1.54) is 12.1 Å². The van der Waals surface area contributed by atoms with Gasteiger partial charge in [0.15, 0.2) is 5.82 Å². The lowest BCUT2D eigenvalue weighted by Gasteiger charge is -2.06. The average molecular weight is 493 g/mol. The number of nitrogens with zero attached hydrogens (tertiary/aromatic N) is 3. The zero-order valence-electron chi connectivity index (χ0n) is 19.7. The molecular formula is C28H21FN6O2. The Labute approximate surface area is 210 Å². The van der Waals surface area contributed by atoms with Gasteiger partial charge in [-0.1, -0.05) is 25.1 Å². The summed E-state index contributed by atoms with van der Waals surface area (Å²) in [6.07, 6.45) is 3.74.